The third-order valence-corrected chi connectivity index (χ3v) is 4.60. The highest BCUT2D eigenvalue weighted by molar-refractivity contribution is 7.99. The Balaban J connectivity index is 2.94. The lowest BCUT2D eigenvalue weighted by molar-refractivity contribution is 0.604. The fourth-order valence-electron chi connectivity index (χ4n) is 1.10. The lowest BCUT2D eigenvalue weighted by Gasteiger charge is -2.02. The van der Waals surface area contributed by atoms with E-state index in [1.165, 1.54) is 5.41 Å². The predicted octanol–water partition coefficient (Wildman–Crippen LogP) is 3.03. The van der Waals surface area contributed by atoms with Crippen molar-refractivity contribution in [2.75, 3.05) is 6.26 Å². The topological polar surface area (TPSA) is 34.1 Å². The summed E-state index contributed by atoms with van der Waals surface area (Å²) >= 11 is 1.61. The van der Waals surface area contributed by atoms with Crippen LogP contribution in [0.5, 0.6) is 0 Å². The van der Waals surface area contributed by atoms with E-state index in [1.807, 2.05) is 20.1 Å². The summed E-state index contributed by atoms with van der Waals surface area (Å²) in [6.07, 6.45) is 3.66. The van der Waals surface area contributed by atoms with Crippen LogP contribution in [0.25, 0.3) is 0 Å². The van der Waals surface area contributed by atoms with Crippen molar-refractivity contribution < 1.29 is 8.42 Å². The minimum atomic E-state index is -3.28. The van der Waals surface area contributed by atoms with Crippen LogP contribution < -0.4 is 0 Å². The molecule has 1 atom stereocenters. The van der Waals surface area contributed by atoms with Gasteiger partial charge in [0.1, 0.15) is 0 Å². The second-order valence-electron chi connectivity index (χ2n) is 3.63. The Bertz CT molecular complexity index is 458. The predicted molar refractivity (Wildman–Crippen MR) is 70.5 cm³/mol. The van der Waals surface area contributed by atoms with E-state index < -0.39 is 9.84 Å². The van der Waals surface area contributed by atoms with E-state index in [0.717, 1.165) is 5.56 Å². The van der Waals surface area contributed by atoms with Crippen molar-refractivity contribution in [1.29, 1.82) is 0 Å². The van der Waals surface area contributed by atoms with Crippen molar-refractivity contribution in [1.82, 2.24) is 0 Å². The molecule has 4 heteroatoms. The molecule has 2 nitrogen and oxygen atoms in total. The van der Waals surface area contributed by atoms with Gasteiger partial charge in [-0.15, -0.1) is 0 Å². The summed E-state index contributed by atoms with van der Waals surface area (Å²) in [5.41, 5.74) is 1.06. The third kappa shape index (κ3) is 3.68. The standard InChI is InChI=1S/C12H16O2S2/c1-10-4-6-12(7-5-10)16(13,14)9-8-11(2)15-3/h4-9,11H,1-3H3/b9-8+. The third-order valence-electron chi connectivity index (χ3n) is 2.25. The molecule has 1 aromatic rings. The van der Waals surface area contributed by atoms with Crippen LogP contribution >= 0.6 is 11.8 Å². The molecule has 0 aliphatic rings. The second-order valence-corrected chi connectivity index (χ2v) is 6.68. The van der Waals surface area contributed by atoms with Gasteiger partial charge >= 0.3 is 0 Å². The minimum Gasteiger partial charge on any atom is -0.219 e. The van der Waals surface area contributed by atoms with Crippen LogP contribution in [0.15, 0.2) is 40.6 Å². The fourth-order valence-corrected chi connectivity index (χ4v) is 2.55. The average molecular weight is 256 g/mol. The molecule has 88 valence electrons. The fraction of sp³-hybridized carbons (Fsp3) is 0.333. The van der Waals surface area contributed by atoms with Crippen LogP contribution in [0.3, 0.4) is 0 Å². The first kappa shape index (κ1) is 13.3. The normalized spacial score (nSPS) is 14.2. The summed E-state index contributed by atoms with van der Waals surface area (Å²) in [7, 11) is -3.28. The van der Waals surface area contributed by atoms with Crippen molar-refractivity contribution in [2.24, 2.45) is 0 Å². The smallest absolute Gasteiger partial charge is 0.199 e. The zero-order chi connectivity index (χ0) is 12.2. The highest BCUT2D eigenvalue weighted by Gasteiger charge is 2.09. The van der Waals surface area contributed by atoms with Crippen molar-refractivity contribution in [3.8, 4) is 0 Å². The molecule has 0 N–H and O–H groups in total. The summed E-state index contributed by atoms with van der Waals surface area (Å²) in [4.78, 5) is 0.350. The number of benzene rings is 1. The van der Waals surface area contributed by atoms with Crippen molar-refractivity contribution in [2.45, 2.75) is 24.0 Å². The molecular weight excluding hydrogens is 240 g/mol. The molecule has 0 spiro atoms. The SMILES string of the molecule is CSC(C)/C=C/S(=O)(=O)c1ccc(C)cc1. The second kappa shape index (κ2) is 5.55. The van der Waals surface area contributed by atoms with Crippen molar-refractivity contribution in [3.05, 3.63) is 41.3 Å². The molecule has 0 radical (unpaired) electrons. The molecule has 0 amide bonds. The van der Waals surface area contributed by atoms with Crippen LogP contribution in [0.4, 0.5) is 0 Å². The van der Waals surface area contributed by atoms with Crippen LogP contribution in [0, 0.1) is 6.92 Å². The van der Waals surface area contributed by atoms with Gasteiger partial charge in [0, 0.05) is 10.7 Å². The monoisotopic (exact) mass is 256 g/mol. The van der Waals surface area contributed by atoms with E-state index in [9.17, 15) is 8.42 Å². The van der Waals surface area contributed by atoms with Crippen LogP contribution in [-0.4, -0.2) is 19.9 Å². The van der Waals surface area contributed by atoms with Crippen LogP contribution in [-0.2, 0) is 9.84 Å². The van der Waals surface area contributed by atoms with E-state index in [0.29, 0.717) is 4.90 Å². The van der Waals surface area contributed by atoms with E-state index in [-0.39, 0.29) is 5.25 Å². The van der Waals surface area contributed by atoms with Gasteiger partial charge in [-0.25, -0.2) is 8.42 Å². The zero-order valence-electron chi connectivity index (χ0n) is 9.67. The van der Waals surface area contributed by atoms with E-state index in [1.54, 1.807) is 42.1 Å². The molecule has 0 bridgehead atoms. The number of hydrogen-bond donors (Lipinski definition) is 0. The quantitative estimate of drug-likeness (QED) is 0.830. The van der Waals surface area contributed by atoms with Crippen molar-refractivity contribution in [3.63, 3.8) is 0 Å². The molecule has 1 aromatic carbocycles. The molecular formula is C12H16O2S2. The van der Waals surface area contributed by atoms with Crippen molar-refractivity contribution >= 4 is 21.6 Å². The molecule has 0 saturated heterocycles. The summed E-state index contributed by atoms with van der Waals surface area (Å²) in [5.74, 6) is 0. The first-order valence-corrected chi connectivity index (χ1v) is 7.82. The molecule has 1 unspecified atom stereocenters. The number of thioether (sulfide) groups is 1. The highest BCUT2D eigenvalue weighted by Crippen LogP contribution is 2.15. The molecule has 0 aromatic heterocycles. The Hall–Kier alpha value is -0.740. The number of hydrogen-bond acceptors (Lipinski definition) is 3. The Labute approximate surface area is 102 Å². The Kier molecular flexibility index (Phi) is 4.62. The molecule has 0 aliphatic carbocycles. The summed E-state index contributed by atoms with van der Waals surface area (Å²) in [6, 6.07) is 6.88. The van der Waals surface area contributed by atoms with Gasteiger partial charge in [0.05, 0.1) is 4.90 Å². The number of aryl methyl sites for hydroxylation is 1. The lowest BCUT2D eigenvalue weighted by atomic mass is 10.2. The van der Waals surface area contributed by atoms with Gasteiger partial charge in [0.2, 0.25) is 0 Å². The first-order valence-electron chi connectivity index (χ1n) is 4.98. The van der Waals surface area contributed by atoms with Gasteiger partial charge in [0.25, 0.3) is 0 Å². The molecule has 0 heterocycles. The van der Waals surface area contributed by atoms with Gasteiger partial charge in [-0.2, -0.15) is 11.8 Å². The van der Waals surface area contributed by atoms with Gasteiger partial charge in [-0.05, 0) is 32.2 Å². The van der Waals surface area contributed by atoms with Crippen LogP contribution in [0.1, 0.15) is 12.5 Å². The Morgan fingerprint density at radius 3 is 2.31 bits per heavy atom. The Morgan fingerprint density at radius 1 is 1.25 bits per heavy atom. The number of rotatable bonds is 4. The summed E-state index contributed by atoms with van der Waals surface area (Å²) in [6.45, 7) is 3.90. The zero-order valence-corrected chi connectivity index (χ0v) is 11.3. The van der Waals surface area contributed by atoms with E-state index in [2.05, 4.69) is 0 Å². The summed E-state index contributed by atoms with van der Waals surface area (Å²) < 4.78 is 23.7. The molecule has 0 fully saturated rings. The van der Waals surface area contributed by atoms with E-state index >= 15 is 0 Å². The van der Waals surface area contributed by atoms with E-state index in [4.69, 9.17) is 0 Å². The van der Waals surface area contributed by atoms with Gasteiger partial charge in [-0.3, -0.25) is 0 Å². The van der Waals surface area contributed by atoms with Gasteiger partial charge in [-0.1, -0.05) is 23.8 Å². The maximum absolute atomic E-state index is 11.9. The highest BCUT2D eigenvalue weighted by atomic mass is 32.2. The van der Waals surface area contributed by atoms with Gasteiger partial charge in [0.15, 0.2) is 9.84 Å². The number of sulfone groups is 1. The molecule has 1 rings (SSSR count). The maximum Gasteiger partial charge on any atom is 0.199 e. The molecule has 0 aliphatic heterocycles. The largest absolute Gasteiger partial charge is 0.219 e. The first-order chi connectivity index (χ1) is 7.45. The maximum atomic E-state index is 11.9. The lowest BCUT2D eigenvalue weighted by Crippen LogP contribution is -1.98. The average Bonchev–Trinajstić information content (AvgIpc) is 2.26. The molecule has 0 saturated carbocycles. The minimum absolute atomic E-state index is 0.209. The summed E-state index contributed by atoms with van der Waals surface area (Å²) in [5, 5.41) is 1.50. The van der Waals surface area contributed by atoms with Gasteiger partial charge < -0.3 is 0 Å². The van der Waals surface area contributed by atoms with Crippen LogP contribution in [0.2, 0.25) is 0 Å². The Morgan fingerprint density at radius 2 is 1.81 bits per heavy atom. The molecule has 16 heavy (non-hydrogen) atoms.